The highest BCUT2D eigenvalue weighted by atomic mass is 16.4. The SMILES string of the molecule is CC1(C)C[C@@H](C(=O)O)NC1=O. The topological polar surface area (TPSA) is 66.4 Å². The molecule has 1 amide bonds. The summed E-state index contributed by atoms with van der Waals surface area (Å²) in [7, 11) is 0. The van der Waals surface area contributed by atoms with Gasteiger partial charge in [0.1, 0.15) is 6.04 Å². The first-order valence-electron chi connectivity index (χ1n) is 3.47. The zero-order valence-electron chi connectivity index (χ0n) is 6.55. The van der Waals surface area contributed by atoms with Gasteiger partial charge >= 0.3 is 5.97 Å². The van der Waals surface area contributed by atoms with E-state index in [-0.39, 0.29) is 5.91 Å². The standard InChI is InChI=1S/C7H11NO3/c1-7(2)3-4(5(9)10)8-6(7)11/h4H,3H2,1-2H3,(H,8,11)(H,9,10)/t4-/m0/s1. The molecule has 4 nitrogen and oxygen atoms in total. The van der Waals surface area contributed by atoms with Crippen LogP contribution in [0.5, 0.6) is 0 Å². The average molecular weight is 157 g/mol. The molecular formula is C7H11NO3. The summed E-state index contributed by atoms with van der Waals surface area (Å²) in [5, 5.41) is 11.0. The second kappa shape index (κ2) is 2.22. The largest absolute Gasteiger partial charge is 0.480 e. The number of carboxylic acid groups (broad SMARTS) is 1. The minimum Gasteiger partial charge on any atom is -0.480 e. The number of hydrogen-bond acceptors (Lipinski definition) is 2. The Morgan fingerprint density at radius 1 is 1.73 bits per heavy atom. The van der Waals surface area contributed by atoms with Crippen molar-refractivity contribution in [2.75, 3.05) is 0 Å². The van der Waals surface area contributed by atoms with Gasteiger partial charge in [0, 0.05) is 5.41 Å². The first-order valence-corrected chi connectivity index (χ1v) is 3.47. The summed E-state index contributed by atoms with van der Waals surface area (Å²) in [6.45, 7) is 3.48. The van der Waals surface area contributed by atoms with Crippen molar-refractivity contribution in [3.63, 3.8) is 0 Å². The monoisotopic (exact) mass is 157 g/mol. The summed E-state index contributed by atoms with van der Waals surface area (Å²) in [5.41, 5.74) is -0.525. The van der Waals surface area contributed by atoms with Gasteiger partial charge in [-0.15, -0.1) is 0 Å². The summed E-state index contributed by atoms with van der Waals surface area (Å²) < 4.78 is 0. The molecule has 2 N–H and O–H groups in total. The van der Waals surface area contributed by atoms with E-state index in [9.17, 15) is 9.59 Å². The van der Waals surface area contributed by atoms with Gasteiger partial charge in [0.25, 0.3) is 0 Å². The van der Waals surface area contributed by atoms with E-state index in [1.165, 1.54) is 0 Å². The maximum absolute atomic E-state index is 11.0. The number of carboxylic acids is 1. The van der Waals surface area contributed by atoms with Gasteiger partial charge in [-0.25, -0.2) is 4.79 Å². The Kier molecular flexibility index (Phi) is 1.62. The van der Waals surface area contributed by atoms with E-state index in [0.717, 1.165) is 0 Å². The van der Waals surface area contributed by atoms with E-state index in [2.05, 4.69) is 5.32 Å². The van der Waals surface area contributed by atoms with Crippen LogP contribution in [0.25, 0.3) is 0 Å². The van der Waals surface area contributed by atoms with Gasteiger partial charge in [-0.2, -0.15) is 0 Å². The summed E-state index contributed by atoms with van der Waals surface area (Å²) in [5.74, 6) is -1.13. The Morgan fingerprint density at radius 3 is 2.45 bits per heavy atom. The lowest BCUT2D eigenvalue weighted by Crippen LogP contribution is -2.33. The molecule has 1 heterocycles. The number of rotatable bonds is 1. The third-order valence-corrected chi connectivity index (χ3v) is 1.93. The fourth-order valence-corrected chi connectivity index (χ4v) is 1.16. The number of amides is 1. The summed E-state index contributed by atoms with van der Waals surface area (Å²) in [6, 6.07) is -0.697. The summed E-state index contributed by atoms with van der Waals surface area (Å²) in [6.07, 6.45) is 0.376. The van der Waals surface area contributed by atoms with Crippen LogP contribution in [0.3, 0.4) is 0 Å². The molecule has 62 valence electrons. The van der Waals surface area contributed by atoms with Gasteiger partial charge in [-0.1, -0.05) is 13.8 Å². The van der Waals surface area contributed by atoms with E-state index < -0.39 is 17.4 Å². The van der Waals surface area contributed by atoms with Crippen molar-refractivity contribution in [2.24, 2.45) is 5.41 Å². The maximum Gasteiger partial charge on any atom is 0.326 e. The van der Waals surface area contributed by atoms with E-state index in [1.807, 2.05) is 0 Å². The zero-order valence-corrected chi connectivity index (χ0v) is 6.55. The van der Waals surface area contributed by atoms with Crippen LogP contribution in [-0.2, 0) is 9.59 Å². The van der Waals surface area contributed by atoms with Gasteiger partial charge in [0.15, 0.2) is 0 Å². The maximum atomic E-state index is 11.0. The van der Waals surface area contributed by atoms with Crippen molar-refractivity contribution in [1.29, 1.82) is 0 Å². The Balaban J connectivity index is 2.72. The predicted octanol–water partition coefficient (Wildman–Crippen LogP) is -0.0143. The summed E-state index contributed by atoms with van der Waals surface area (Å²) >= 11 is 0. The average Bonchev–Trinajstić information content (AvgIpc) is 2.08. The lowest BCUT2D eigenvalue weighted by atomic mass is 9.90. The van der Waals surface area contributed by atoms with Gasteiger partial charge in [0.05, 0.1) is 0 Å². The van der Waals surface area contributed by atoms with E-state index in [1.54, 1.807) is 13.8 Å². The third kappa shape index (κ3) is 1.34. The molecule has 11 heavy (non-hydrogen) atoms. The molecule has 4 heteroatoms. The van der Waals surface area contributed by atoms with Gasteiger partial charge in [-0.05, 0) is 6.42 Å². The molecule has 1 aliphatic rings. The Morgan fingerprint density at radius 2 is 2.27 bits per heavy atom. The molecule has 1 fully saturated rings. The number of nitrogens with one attached hydrogen (secondary N) is 1. The van der Waals surface area contributed by atoms with Gasteiger partial charge < -0.3 is 10.4 Å². The molecule has 0 aliphatic carbocycles. The molecule has 0 aromatic rings. The molecule has 1 aliphatic heterocycles. The van der Waals surface area contributed by atoms with Crippen LogP contribution in [-0.4, -0.2) is 23.0 Å². The molecule has 0 unspecified atom stereocenters. The second-order valence-electron chi connectivity index (χ2n) is 3.45. The van der Waals surface area contributed by atoms with Crippen molar-refractivity contribution >= 4 is 11.9 Å². The first kappa shape index (κ1) is 8.04. The Hall–Kier alpha value is -1.06. The van der Waals surface area contributed by atoms with Crippen molar-refractivity contribution in [1.82, 2.24) is 5.32 Å². The molecule has 1 atom stereocenters. The first-order chi connectivity index (χ1) is 4.93. The Labute approximate surface area is 64.6 Å². The molecular weight excluding hydrogens is 146 g/mol. The molecule has 0 radical (unpaired) electrons. The van der Waals surface area contributed by atoms with Gasteiger partial charge in [-0.3, -0.25) is 4.79 Å². The highest BCUT2D eigenvalue weighted by molar-refractivity contribution is 5.91. The van der Waals surface area contributed by atoms with E-state index in [4.69, 9.17) is 5.11 Å². The van der Waals surface area contributed by atoms with Crippen LogP contribution in [0.2, 0.25) is 0 Å². The zero-order chi connectivity index (χ0) is 8.65. The van der Waals surface area contributed by atoms with Crippen molar-refractivity contribution in [3.8, 4) is 0 Å². The lowest BCUT2D eigenvalue weighted by molar-refractivity contribution is -0.140. The van der Waals surface area contributed by atoms with E-state index in [0.29, 0.717) is 6.42 Å². The molecule has 1 rings (SSSR count). The van der Waals surface area contributed by atoms with Crippen LogP contribution >= 0.6 is 0 Å². The van der Waals surface area contributed by atoms with Crippen LogP contribution in [0.15, 0.2) is 0 Å². The number of carbonyl (C=O) groups excluding carboxylic acids is 1. The molecule has 0 aromatic heterocycles. The smallest absolute Gasteiger partial charge is 0.326 e. The minimum atomic E-state index is -0.955. The third-order valence-electron chi connectivity index (χ3n) is 1.93. The number of aliphatic carboxylic acids is 1. The minimum absolute atomic E-state index is 0.176. The molecule has 1 saturated heterocycles. The van der Waals surface area contributed by atoms with Crippen molar-refractivity contribution in [3.05, 3.63) is 0 Å². The molecule has 0 aromatic carbocycles. The van der Waals surface area contributed by atoms with Crippen LogP contribution < -0.4 is 5.32 Å². The summed E-state index contributed by atoms with van der Waals surface area (Å²) in [4.78, 5) is 21.5. The fourth-order valence-electron chi connectivity index (χ4n) is 1.16. The van der Waals surface area contributed by atoms with Crippen LogP contribution in [0.4, 0.5) is 0 Å². The normalized spacial score (nSPS) is 28.2. The van der Waals surface area contributed by atoms with Crippen LogP contribution in [0.1, 0.15) is 20.3 Å². The highest BCUT2D eigenvalue weighted by Gasteiger charge is 2.41. The second-order valence-corrected chi connectivity index (χ2v) is 3.45. The Bertz CT molecular complexity index is 210. The molecule has 0 saturated carbocycles. The highest BCUT2D eigenvalue weighted by Crippen LogP contribution is 2.28. The van der Waals surface area contributed by atoms with Gasteiger partial charge in [0.2, 0.25) is 5.91 Å². The van der Waals surface area contributed by atoms with Crippen LogP contribution in [0, 0.1) is 5.41 Å². The number of carbonyl (C=O) groups is 2. The fraction of sp³-hybridized carbons (Fsp3) is 0.714. The molecule has 0 bridgehead atoms. The van der Waals surface area contributed by atoms with Crippen molar-refractivity contribution in [2.45, 2.75) is 26.3 Å². The van der Waals surface area contributed by atoms with E-state index >= 15 is 0 Å². The molecule has 0 spiro atoms. The number of hydrogen-bond donors (Lipinski definition) is 2. The van der Waals surface area contributed by atoms with Crippen molar-refractivity contribution < 1.29 is 14.7 Å². The quantitative estimate of drug-likeness (QED) is 0.562. The predicted molar refractivity (Wildman–Crippen MR) is 38.0 cm³/mol. The lowest BCUT2D eigenvalue weighted by Gasteiger charge is -2.10.